The molecule has 0 aliphatic carbocycles. The van der Waals surface area contributed by atoms with E-state index in [2.05, 4.69) is 0 Å². The number of benzene rings is 2. The summed E-state index contributed by atoms with van der Waals surface area (Å²) in [6.07, 6.45) is 0. The van der Waals surface area contributed by atoms with Crippen molar-refractivity contribution in [3.8, 4) is 11.5 Å². The molecule has 2 aromatic carbocycles. The maximum Gasteiger partial charge on any atom is 0.119 e. The quantitative estimate of drug-likeness (QED) is 0.761. The Bertz CT molecular complexity index is 411. The lowest BCUT2D eigenvalue weighted by Gasteiger charge is -2.04. The van der Waals surface area contributed by atoms with Crippen molar-refractivity contribution in [1.29, 1.82) is 0 Å². The Balaban J connectivity index is 0.000000606. The van der Waals surface area contributed by atoms with Crippen LogP contribution >= 0.6 is 0 Å². The Morgan fingerprint density at radius 1 is 0.688 bits per heavy atom. The van der Waals surface area contributed by atoms with Crippen LogP contribution in [0, 0.1) is 0 Å². The fourth-order valence-corrected chi connectivity index (χ4v) is 1.46. The van der Waals surface area contributed by atoms with E-state index >= 15 is 0 Å². The summed E-state index contributed by atoms with van der Waals surface area (Å²) in [6, 6.07) is 12.0. The van der Waals surface area contributed by atoms with Crippen LogP contribution in [-0.2, 0) is 0 Å². The second-order valence-corrected chi connectivity index (χ2v) is 3.08. The first-order chi connectivity index (χ1) is 7.83. The number of methoxy groups -OCH3 is 2. The third kappa shape index (κ3) is 2.66. The Hall–Kier alpha value is -1.70. The summed E-state index contributed by atoms with van der Waals surface area (Å²) in [7, 11) is 3.34. The Labute approximate surface area is 96.8 Å². The number of ether oxygens (including phenoxy) is 2. The molecule has 0 unspecified atom stereocenters. The van der Waals surface area contributed by atoms with Crippen LogP contribution in [-0.4, -0.2) is 14.2 Å². The molecule has 0 fully saturated rings. The molecule has 0 atom stereocenters. The molecular weight excluding hydrogens is 200 g/mol. The summed E-state index contributed by atoms with van der Waals surface area (Å²) >= 11 is 0. The zero-order valence-electron chi connectivity index (χ0n) is 10.3. The first kappa shape index (κ1) is 12.4. The molecule has 0 spiro atoms. The van der Waals surface area contributed by atoms with Crippen molar-refractivity contribution in [2.45, 2.75) is 13.8 Å². The highest BCUT2D eigenvalue weighted by atomic mass is 16.5. The highest BCUT2D eigenvalue weighted by molar-refractivity contribution is 5.85. The van der Waals surface area contributed by atoms with E-state index in [1.807, 2.05) is 50.2 Å². The van der Waals surface area contributed by atoms with E-state index in [1.54, 1.807) is 14.2 Å². The summed E-state index contributed by atoms with van der Waals surface area (Å²) < 4.78 is 10.3. The molecule has 0 aliphatic heterocycles. The second-order valence-electron chi connectivity index (χ2n) is 3.08. The lowest BCUT2D eigenvalue weighted by molar-refractivity contribution is 0.414. The van der Waals surface area contributed by atoms with Crippen molar-refractivity contribution in [3.05, 3.63) is 36.4 Å². The van der Waals surface area contributed by atoms with Crippen LogP contribution in [0.25, 0.3) is 10.8 Å². The molecule has 86 valence electrons. The van der Waals surface area contributed by atoms with Crippen LogP contribution in [0.2, 0.25) is 0 Å². The molecule has 0 aromatic heterocycles. The molecule has 0 aliphatic rings. The zero-order chi connectivity index (χ0) is 12.0. The summed E-state index contributed by atoms with van der Waals surface area (Å²) in [4.78, 5) is 0. The van der Waals surface area contributed by atoms with Gasteiger partial charge in [0.05, 0.1) is 14.2 Å². The zero-order valence-corrected chi connectivity index (χ0v) is 10.3. The molecule has 16 heavy (non-hydrogen) atoms. The summed E-state index contributed by atoms with van der Waals surface area (Å²) in [5.41, 5.74) is 0. The lowest BCUT2D eigenvalue weighted by atomic mass is 10.1. The van der Waals surface area contributed by atoms with Gasteiger partial charge < -0.3 is 9.47 Å². The van der Waals surface area contributed by atoms with E-state index in [0.717, 1.165) is 16.9 Å². The fraction of sp³-hybridized carbons (Fsp3) is 0.286. The SMILES string of the molecule is CC.COc1ccc2ccc(OC)cc2c1. The maximum absolute atomic E-state index is 5.15. The minimum atomic E-state index is 0.866. The van der Waals surface area contributed by atoms with Gasteiger partial charge in [-0.15, -0.1) is 0 Å². The molecule has 0 heterocycles. The average molecular weight is 218 g/mol. The summed E-state index contributed by atoms with van der Waals surface area (Å²) in [6.45, 7) is 4.00. The van der Waals surface area contributed by atoms with E-state index in [4.69, 9.17) is 9.47 Å². The average Bonchev–Trinajstić information content (AvgIpc) is 2.39. The largest absolute Gasteiger partial charge is 0.497 e. The maximum atomic E-state index is 5.15. The van der Waals surface area contributed by atoms with E-state index in [-0.39, 0.29) is 0 Å². The first-order valence-corrected chi connectivity index (χ1v) is 5.45. The van der Waals surface area contributed by atoms with Gasteiger partial charge in [0.15, 0.2) is 0 Å². The molecule has 2 nitrogen and oxygen atoms in total. The topological polar surface area (TPSA) is 18.5 Å². The summed E-state index contributed by atoms with van der Waals surface area (Å²) in [5.74, 6) is 1.73. The molecule has 0 saturated carbocycles. The lowest BCUT2D eigenvalue weighted by Crippen LogP contribution is -1.84. The van der Waals surface area contributed by atoms with Crippen LogP contribution in [0.15, 0.2) is 36.4 Å². The van der Waals surface area contributed by atoms with Gasteiger partial charge in [-0.05, 0) is 35.0 Å². The number of rotatable bonds is 2. The van der Waals surface area contributed by atoms with Crippen molar-refractivity contribution in [1.82, 2.24) is 0 Å². The standard InChI is InChI=1S/C12H12O2.C2H6/c1-13-11-5-3-9-4-6-12(14-2)8-10(9)7-11;1-2/h3-8H,1-2H3;1-2H3. The predicted molar refractivity (Wildman–Crippen MR) is 68.4 cm³/mol. The first-order valence-electron chi connectivity index (χ1n) is 5.45. The van der Waals surface area contributed by atoms with Crippen molar-refractivity contribution < 1.29 is 9.47 Å². The molecule has 2 rings (SSSR count). The molecular formula is C14H18O2. The molecule has 2 heteroatoms. The van der Waals surface area contributed by atoms with Gasteiger partial charge in [0.25, 0.3) is 0 Å². The van der Waals surface area contributed by atoms with Crippen LogP contribution in [0.5, 0.6) is 11.5 Å². The smallest absolute Gasteiger partial charge is 0.119 e. The van der Waals surface area contributed by atoms with Gasteiger partial charge in [-0.2, -0.15) is 0 Å². The van der Waals surface area contributed by atoms with Gasteiger partial charge in [0.2, 0.25) is 0 Å². The van der Waals surface area contributed by atoms with Crippen molar-refractivity contribution >= 4 is 10.8 Å². The van der Waals surface area contributed by atoms with Crippen LogP contribution in [0.4, 0.5) is 0 Å². The molecule has 0 N–H and O–H groups in total. The van der Waals surface area contributed by atoms with Crippen molar-refractivity contribution in [3.63, 3.8) is 0 Å². The Kier molecular flexibility index (Phi) is 4.65. The molecule has 0 amide bonds. The third-order valence-corrected chi connectivity index (χ3v) is 2.25. The van der Waals surface area contributed by atoms with Crippen LogP contribution in [0.1, 0.15) is 13.8 Å². The number of fused-ring (bicyclic) bond motifs is 1. The highest BCUT2D eigenvalue weighted by Crippen LogP contribution is 2.24. The summed E-state index contributed by atoms with van der Waals surface area (Å²) in [5, 5.41) is 2.32. The number of hydrogen-bond donors (Lipinski definition) is 0. The minimum absolute atomic E-state index is 0.866. The van der Waals surface area contributed by atoms with Crippen LogP contribution in [0.3, 0.4) is 0 Å². The van der Waals surface area contributed by atoms with Gasteiger partial charge in [-0.3, -0.25) is 0 Å². The van der Waals surface area contributed by atoms with Gasteiger partial charge in [0.1, 0.15) is 11.5 Å². The van der Waals surface area contributed by atoms with E-state index < -0.39 is 0 Å². The van der Waals surface area contributed by atoms with Gasteiger partial charge in [-0.1, -0.05) is 26.0 Å². The molecule has 0 saturated heterocycles. The fourth-order valence-electron chi connectivity index (χ4n) is 1.46. The van der Waals surface area contributed by atoms with E-state index in [0.29, 0.717) is 0 Å². The molecule has 0 bridgehead atoms. The van der Waals surface area contributed by atoms with Gasteiger partial charge in [0, 0.05) is 0 Å². The predicted octanol–water partition coefficient (Wildman–Crippen LogP) is 3.88. The highest BCUT2D eigenvalue weighted by Gasteiger charge is 1.97. The van der Waals surface area contributed by atoms with Crippen LogP contribution < -0.4 is 9.47 Å². The Morgan fingerprint density at radius 2 is 1.12 bits per heavy atom. The third-order valence-electron chi connectivity index (χ3n) is 2.25. The normalized spacial score (nSPS) is 9.25. The van der Waals surface area contributed by atoms with Crippen molar-refractivity contribution in [2.75, 3.05) is 14.2 Å². The molecule has 0 radical (unpaired) electrons. The van der Waals surface area contributed by atoms with E-state index in [9.17, 15) is 0 Å². The Morgan fingerprint density at radius 3 is 1.50 bits per heavy atom. The monoisotopic (exact) mass is 218 g/mol. The van der Waals surface area contributed by atoms with Gasteiger partial charge in [-0.25, -0.2) is 0 Å². The number of hydrogen-bond acceptors (Lipinski definition) is 2. The van der Waals surface area contributed by atoms with Crippen molar-refractivity contribution in [2.24, 2.45) is 0 Å². The van der Waals surface area contributed by atoms with E-state index in [1.165, 1.54) is 5.39 Å². The molecule has 2 aromatic rings. The van der Waals surface area contributed by atoms with Gasteiger partial charge >= 0.3 is 0 Å². The second kappa shape index (κ2) is 6.01. The minimum Gasteiger partial charge on any atom is -0.497 e.